The summed E-state index contributed by atoms with van der Waals surface area (Å²) >= 11 is 4.45. The summed E-state index contributed by atoms with van der Waals surface area (Å²) < 4.78 is 0.927. The highest BCUT2D eigenvalue weighted by Crippen LogP contribution is 2.21. The second kappa shape index (κ2) is 7.29. The summed E-state index contributed by atoms with van der Waals surface area (Å²) in [5.41, 5.74) is 1.39. The van der Waals surface area contributed by atoms with Crippen molar-refractivity contribution in [3.63, 3.8) is 0 Å². The number of H-pyrrole nitrogens is 1. The maximum Gasteiger partial charge on any atom is 0.249 e. The van der Waals surface area contributed by atoms with E-state index in [1.54, 1.807) is 19.1 Å². The van der Waals surface area contributed by atoms with Gasteiger partial charge < -0.3 is 10.3 Å². The van der Waals surface area contributed by atoms with Gasteiger partial charge >= 0.3 is 0 Å². The number of thioether (sulfide) groups is 1. The number of nitrogens with one attached hydrogen (secondary N) is 2. The Morgan fingerprint density at radius 3 is 2.73 bits per heavy atom. The van der Waals surface area contributed by atoms with Gasteiger partial charge in [-0.15, -0.1) is 0 Å². The van der Waals surface area contributed by atoms with E-state index in [0.717, 1.165) is 16.2 Å². The van der Waals surface area contributed by atoms with Crippen molar-refractivity contribution in [2.75, 3.05) is 11.1 Å². The number of hydrogen-bond acceptors (Lipinski definition) is 4. The van der Waals surface area contributed by atoms with Crippen LogP contribution in [0.1, 0.15) is 11.1 Å². The first-order valence-electron chi connectivity index (χ1n) is 6.32. The van der Waals surface area contributed by atoms with Gasteiger partial charge in [0.25, 0.3) is 0 Å². The summed E-state index contributed by atoms with van der Waals surface area (Å²) in [5.74, 6) is -0.108. The van der Waals surface area contributed by atoms with Crippen LogP contribution < -0.4 is 10.9 Å². The Bertz CT molecular complexity index is 794. The first-order chi connectivity index (χ1) is 10.5. The summed E-state index contributed by atoms with van der Waals surface area (Å²) in [6, 6.07) is 10.6. The Hall–Kier alpha value is -2.04. The predicted molar refractivity (Wildman–Crippen MR) is 90.0 cm³/mol. The minimum Gasteiger partial charge on any atom is -0.325 e. The molecule has 1 aromatic heterocycles. The Labute approximate surface area is 139 Å². The monoisotopic (exact) mass is 377 g/mol. The number of nitrogens with zero attached hydrogens (tertiary/aromatic N) is 1. The third-order valence-corrected chi connectivity index (χ3v) is 4.32. The lowest BCUT2D eigenvalue weighted by atomic mass is 10.2. The number of carbonyl (C=O) groups excluding carboxylic acids is 1. The van der Waals surface area contributed by atoms with E-state index < -0.39 is 0 Å². The van der Waals surface area contributed by atoms with Crippen LogP contribution in [0.5, 0.6) is 0 Å². The largest absolute Gasteiger partial charge is 0.325 e. The lowest BCUT2D eigenvalue weighted by molar-refractivity contribution is -0.113. The smallest absolute Gasteiger partial charge is 0.249 e. The third kappa shape index (κ3) is 4.23. The van der Waals surface area contributed by atoms with E-state index >= 15 is 0 Å². The van der Waals surface area contributed by atoms with Gasteiger partial charge in [0.1, 0.15) is 6.07 Å². The molecule has 1 amide bonds. The topological polar surface area (TPSA) is 85.8 Å². The van der Waals surface area contributed by atoms with Crippen molar-refractivity contribution in [1.82, 2.24) is 4.98 Å². The number of aromatic amines is 1. The van der Waals surface area contributed by atoms with Crippen LogP contribution in [0.4, 0.5) is 5.69 Å². The number of rotatable bonds is 4. The zero-order valence-corrected chi connectivity index (χ0v) is 14.0. The van der Waals surface area contributed by atoms with E-state index in [9.17, 15) is 9.59 Å². The molecule has 0 atom stereocenters. The summed E-state index contributed by atoms with van der Waals surface area (Å²) in [7, 11) is 0. The second-order valence-corrected chi connectivity index (χ2v) is 6.38. The molecule has 22 heavy (non-hydrogen) atoms. The number of aromatic nitrogens is 1. The molecule has 0 radical (unpaired) electrons. The van der Waals surface area contributed by atoms with E-state index in [-0.39, 0.29) is 17.2 Å². The molecule has 5 nitrogen and oxygen atoms in total. The van der Waals surface area contributed by atoms with Crippen molar-refractivity contribution in [3.05, 3.63) is 56.3 Å². The molecule has 0 spiro atoms. The highest BCUT2D eigenvalue weighted by molar-refractivity contribution is 9.10. The summed E-state index contributed by atoms with van der Waals surface area (Å²) in [5, 5.41) is 12.3. The summed E-state index contributed by atoms with van der Waals surface area (Å²) in [4.78, 5) is 26.0. The van der Waals surface area contributed by atoms with E-state index in [2.05, 4.69) is 26.2 Å². The number of hydrogen-bond donors (Lipinski definition) is 2. The molecule has 2 N–H and O–H groups in total. The van der Waals surface area contributed by atoms with Crippen molar-refractivity contribution in [2.45, 2.75) is 11.9 Å². The number of amides is 1. The van der Waals surface area contributed by atoms with Crippen molar-refractivity contribution in [3.8, 4) is 6.07 Å². The van der Waals surface area contributed by atoms with Gasteiger partial charge in [-0.1, -0.05) is 27.7 Å². The maximum atomic E-state index is 11.9. The lowest BCUT2D eigenvalue weighted by Crippen LogP contribution is -2.15. The zero-order valence-electron chi connectivity index (χ0n) is 11.6. The second-order valence-electron chi connectivity index (χ2n) is 4.48. The van der Waals surface area contributed by atoms with Crippen molar-refractivity contribution in [1.29, 1.82) is 5.26 Å². The number of aryl methyl sites for hydroxylation is 1. The molecule has 2 aromatic rings. The van der Waals surface area contributed by atoms with Crippen LogP contribution in [0.2, 0.25) is 0 Å². The molecule has 2 rings (SSSR count). The fourth-order valence-corrected chi connectivity index (χ4v) is 2.91. The molecule has 0 aliphatic carbocycles. The molecular formula is C15H12BrN3O2S. The van der Waals surface area contributed by atoms with Crippen molar-refractivity contribution in [2.24, 2.45) is 0 Å². The third-order valence-electron chi connectivity index (χ3n) is 2.79. The van der Waals surface area contributed by atoms with Crippen LogP contribution in [0.3, 0.4) is 0 Å². The van der Waals surface area contributed by atoms with Gasteiger partial charge in [-0.25, -0.2) is 0 Å². The minimum atomic E-state index is -0.285. The van der Waals surface area contributed by atoms with Gasteiger partial charge in [-0.2, -0.15) is 5.26 Å². The van der Waals surface area contributed by atoms with Crippen molar-refractivity contribution >= 4 is 39.3 Å². The quantitative estimate of drug-likeness (QED) is 0.801. The maximum absolute atomic E-state index is 11.9. The fraction of sp³-hybridized carbons (Fsp3) is 0.133. The number of anilines is 1. The van der Waals surface area contributed by atoms with Crippen LogP contribution in [-0.2, 0) is 4.79 Å². The lowest BCUT2D eigenvalue weighted by Gasteiger charge is -2.07. The van der Waals surface area contributed by atoms with Gasteiger partial charge in [-0.05, 0) is 36.8 Å². The number of benzene rings is 1. The van der Waals surface area contributed by atoms with Gasteiger partial charge in [-0.3, -0.25) is 9.59 Å². The minimum absolute atomic E-state index is 0.101. The molecule has 0 aliphatic rings. The molecule has 7 heteroatoms. The molecular weight excluding hydrogens is 366 g/mol. The Balaban J connectivity index is 2.04. The normalized spacial score (nSPS) is 10.0. The number of nitriles is 1. The SMILES string of the molecule is Cc1cc(=O)[nH]c(SCC(=O)Nc2ccc(Br)cc2)c1C#N. The molecule has 0 saturated heterocycles. The molecule has 1 aromatic carbocycles. The first-order valence-corrected chi connectivity index (χ1v) is 8.09. The van der Waals surface area contributed by atoms with Crippen LogP contribution in [0.25, 0.3) is 0 Å². The Kier molecular flexibility index (Phi) is 5.41. The van der Waals surface area contributed by atoms with E-state index in [0.29, 0.717) is 21.8 Å². The van der Waals surface area contributed by atoms with E-state index in [4.69, 9.17) is 5.26 Å². The standard InChI is InChI=1S/C15H12BrN3O2S/c1-9-6-13(20)19-15(12(9)7-17)22-8-14(21)18-11-4-2-10(16)3-5-11/h2-6H,8H2,1H3,(H,18,21)(H,19,20). The molecule has 1 heterocycles. The average molecular weight is 378 g/mol. The summed E-state index contributed by atoms with van der Waals surface area (Å²) in [6.07, 6.45) is 0. The number of pyridine rings is 1. The molecule has 0 bridgehead atoms. The van der Waals surface area contributed by atoms with Crippen LogP contribution >= 0.6 is 27.7 Å². The van der Waals surface area contributed by atoms with Crippen LogP contribution in [0.15, 0.2) is 44.6 Å². The van der Waals surface area contributed by atoms with Gasteiger partial charge in [0.15, 0.2) is 0 Å². The molecule has 112 valence electrons. The van der Waals surface area contributed by atoms with Crippen LogP contribution in [-0.4, -0.2) is 16.6 Å². The summed E-state index contributed by atoms with van der Waals surface area (Å²) in [6.45, 7) is 1.69. The van der Waals surface area contributed by atoms with Gasteiger partial charge in [0.2, 0.25) is 11.5 Å². The molecule has 0 aliphatic heterocycles. The Morgan fingerprint density at radius 1 is 1.41 bits per heavy atom. The highest BCUT2D eigenvalue weighted by atomic mass is 79.9. The van der Waals surface area contributed by atoms with Crippen LogP contribution in [0, 0.1) is 18.3 Å². The Morgan fingerprint density at radius 2 is 2.09 bits per heavy atom. The molecule has 0 fully saturated rings. The fourth-order valence-electron chi connectivity index (χ4n) is 1.77. The number of halogens is 1. The molecule has 0 saturated carbocycles. The zero-order chi connectivity index (χ0) is 16.1. The average Bonchev–Trinajstić information content (AvgIpc) is 2.47. The van der Waals surface area contributed by atoms with Gasteiger partial charge in [0, 0.05) is 16.2 Å². The first kappa shape index (κ1) is 16.3. The van der Waals surface area contributed by atoms with Crippen molar-refractivity contribution < 1.29 is 4.79 Å². The molecule has 0 unspecified atom stereocenters. The predicted octanol–water partition coefficient (Wildman–Crippen LogP) is 3.05. The number of carbonyl (C=O) groups is 1. The van der Waals surface area contributed by atoms with E-state index in [1.807, 2.05) is 18.2 Å². The van der Waals surface area contributed by atoms with E-state index in [1.165, 1.54) is 6.07 Å². The highest BCUT2D eigenvalue weighted by Gasteiger charge is 2.10. The van der Waals surface area contributed by atoms with Gasteiger partial charge in [0.05, 0.1) is 16.3 Å².